The topological polar surface area (TPSA) is 12.0 Å². The number of hydrogen-bond donors (Lipinski definition) is 1. The van der Waals surface area contributed by atoms with Gasteiger partial charge in [0.1, 0.15) is 5.82 Å². The molecule has 1 nitrogen and oxygen atoms in total. The van der Waals surface area contributed by atoms with E-state index < -0.39 is 0 Å². The van der Waals surface area contributed by atoms with E-state index in [0.717, 1.165) is 17.0 Å². The lowest BCUT2D eigenvalue weighted by Gasteiger charge is -2.19. The van der Waals surface area contributed by atoms with Crippen LogP contribution < -0.4 is 5.32 Å². The smallest absolute Gasteiger partial charge is 0.137 e. The molecule has 1 aliphatic carbocycles. The van der Waals surface area contributed by atoms with Crippen LogP contribution in [-0.2, 0) is 0 Å². The van der Waals surface area contributed by atoms with Crippen molar-refractivity contribution in [3.05, 3.63) is 29.6 Å². The van der Waals surface area contributed by atoms with E-state index in [9.17, 15) is 4.39 Å². The third kappa shape index (κ3) is 3.27. The van der Waals surface area contributed by atoms with E-state index in [1.807, 2.05) is 12.1 Å². The van der Waals surface area contributed by atoms with Gasteiger partial charge in [-0.25, -0.2) is 4.39 Å². The Morgan fingerprint density at radius 1 is 1.39 bits per heavy atom. The fourth-order valence-corrected chi connectivity index (χ4v) is 4.04. The molecule has 1 aliphatic rings. The third-order valence-corrected chi connectivity index (χ3v) is 5.03. The lowest BCUT2D eigenvalue weighted by atomic mass is 10.1. The van der Waals surface area contributed by atoms with E-state index in [-0.39, 0.29) is 11.9 Å². The van der Waals surface area contributed by atoms with Gasteiger partial charge in [0.25, 0.3) is 0 Å². The molecule has 1 aromatic carbocycles. The minimum absolute atomic E-state index is 0.0610. The highest BCUT2D eigenvalue weighted by molar-refractivity contribution is 8.00. The first-order valence-corrected chi connectivity index (χ1v) is 7.78. The molecule has 2 rings (SSSR count). The average Bonchev–Trinajstić information content (AvgIpc) is 2.85. The second-order valence-electron chi connectivity index (χ2n) is 4.96. The minimum atomic E-state index is -0.0610. The zero-order valence-electron chi connectivity index (χ0n) is 11.2. The predicted molar refractivity (Wildman–Crippen MR) is 76.6 cm³/mol. The van der Waals surface area contributed by atoms with Crippen molar-refractivity contribution < 1.29 is 4.39 Å². The van der Waals surface area contributed by atoms with Gasteiger partial charge in [0, 0.05) is 16.2 Å². The molecule has 0 aliphatic heterocycles. The van der Waals surface area contributed by atoms with E-state index >= 15 is 0 Å². The number of thioether (sulfide) groups is 1. The molecule has 0 amide bonds. The molecule has 1 saturated carbocycles. The van der Waals surface area contributed by atoms with Gasteiger partial charge in [0.15, 0.2) is 0 Å². The van der Waals surface area contributed by atoms with Gasteiger partial charge < -0.3 is 5.32 Å². The fourth-order valence-electron chi connectivity index (χ4n) is 2.58. The molecule has 0 bridgehead atoms. The van der Waals surface area contributed by atoms with Crippen LogP contribution in [-0.4, -0.2) is 11.8 Å². The van der Waals surface area contributed by atoms with E-state index in [4.69, 9.17) is 0 Å². The number of halogens is 1. The summed E-state index contributed by atoms with van der Waals surface area (Å²) >= 11 is 1.74. The summed E-state index contributed by atoms with van der Waals surface area (Å²) in [5.41, 5.74) is 1.11. The van der Waals surface area contributed by atoms with Gasteiger partial charge in [-0.2, -0.15) is 0 Å². The van der Waals surface area contributed by atoms with Crippen molar-refractivity contribution in [2.45, 2.75) is 55.7 Å². The summed E-state index contributed by atoms with van der Waals surface area (Å²) in [6.07, 6.45) is 5.05. The van der Waals surface area contributed by atoms with Crippen LogP contribution >= 0.6 is 11.8 Å². The first-order valence-electron chi connectivity index (χ1n) is 6.90. The summed E-state index contributed by atoms with van der Waals surface area (Å²) in [5, 5.41) is 3.98. The molecule has 0 spiro atoms. The Morgan fingerprint density at radius 3 is 2.78 bits per heavy atom. The van der Waals surface area contributed by atoms with Crippen LogP contribution in [0.15, 0.2) is 23.1 Å². The number of hydrogen-bond acceptors (Lipinski definition) is 2. The van der Waals surface area contributed by atoms with Crippen LogP contribution in [0.25, 0.3) is 0 Å². The lowest BCUT2D eigenvalue weighted by Crippen LogP contribution is -2.19. The molecule has 18 heavy (non-hydrogen) atoms. The van der Waals surface area contributed by atoms with Gasteiger partial charge in [-0.15, -0.1) is 11.8 Å². The molecule has 0 saturated heterocycles. The molecule has 1 fully saturated rings. The van der Waals surface area contributed by atoms with Crippen LogP contribution in [0.3, 0.4) is 0 Å². The summed E-state index contributed by atoms with van der Waals surface area (Å²) in [6, 6.07) is 5.67. The van der Waals surface area contributed by atoms with Crippen molar-refractivity contribution in [1.82, 2.24) is 5.32 Å². The first kappa shape index (κ1) is 13.9. The van der Waals surface area contributed by atoms with E-state index in [1.165, 1.54) is 25.7 Å². The van der Waals surface area contributed by atoms with Crippen molar-refractivity contribution >= 4 is 11.8 Å². The maximum Gasteiger partial charge on any atom is 0.137 e. The molecule has 1 atom stereocenters. The molecule has 100 valence electrons. The Morgan fingerprint density at radius 2 is 2.11 bits per heavy atom. The van der Waals surface area contributed by atoms with Gasteiger partial charge in [-0.1, -0.05) is 31.9 Å². The van der Waals surface area contributed by atoms with Crippen molar-refractivity contribution in [2.75, 3.05) is 6.54 Å². The molecule has 1 N–H and O–H groups in total. The zero-order valence-corrected chi connectivity index (χ0v) is 12.0. The van der Waals surface area contributed by atoms with Gasteiger partial charge in [0.05, 0.1) is 0 Å². The molecule has 0 radical (unpaired) electrons. The Bertz CT molecular complexity index is 388. The van der Waals surface area contributed by atoms with E-state index in [2.05, 4.69) is 19.2 Å². The Balaban J connectivity index is 2.19. The predicted octanol–water partition coefficient (Wildman–Crippen LogP) is 4.53. The summed E-state index contributed by atoms with van der Waals surface area (Å²) in [5.74, 6) is -0.0610. The average molecular weight is 267 g/mol. The van der Waals surface area contributed by atoms with Crippen LogP contribution in [0.2, 0.25) is 0 Å². The Kier molecular flexibility index (Phi) is 5.07. The molecule has 1 aromatic rings. The van der Waals surface area contributed by atoms with Gasteiger partial charge >= 0.3 is 0 Å². The van der Waals surface area contributed by atoms with Crippen LogP contribution in [0.4, 0.5) is 4.39 Å². The molecular formula is C15H22FNS. The van der Waals surface area contributed by atoms with Gasteiger partial charge in [0.2, 0.25) is 0 Å². The SMILES string of the molecule is CCNC(C)c1cccc(F)c1SC1CCCC1. The monoisotopic (exact) mass is 267 g/mol. The third-order valence-electron chi connectivity index (χ3n) is 3.56. The number of benzene rings is 1. The first-order chi connectivity index (χ1) is 8.72. The molecular weight excluding hydrogens is 245 g/mol. The largest absolute Gasteiger partial charge is 0.310 e. The molecule has 3 heteroatoms. The van der Waals surface area contributed by atoms with Crippen LogP contribution in [0.1, 0.15) is 51.1 Å². The van der Waals surface area contributed by atoms with Crippen molar-refractivity contribution in [1.29, 1.82) is 0 Å². The van der Waals surface area contributed by atoms with Crippen molar-refractivity contribution in [3.63, 3.8) is 0 Å². The molecule has 0 aromatic heterocycles. The summed E-state index contributed by atoms with van der Waals surface area (Å²) in [7, 11) is 0. The zero-order chi connectivity index (χ0) is 13.0. The highest BCUT2D eigenvalue weighted by atomic mass is 32.2. The van der Waals surface area contributed by atoms with Crippen LogP contribution in [0.5, 0.6) is 0 Å². The number of rotatable bonds is 5. The minimum Gasteiger partial charge on any atom is -0.310 e. The van der Waals surface area contributed by atoms with Crippen molar-refractivity contribution in [3.8, 4) is 0 Å². The quantitative estimate of drug-likeness (QED) is 0.841. The standard InChI is InChI=1S/C15H22FNS/c1-3-17-11(2)13-9-6-10-14(16)15(13)18-12-7-4-5-8-12/h6,9-12,17H,3-5,7-8H2,1-2H3. The lowest BCUT2D eigenvalue weighted by molar-refractivity contribution is 0.557. The Labute approximate surface area is 114 Å². The van der Waals surface area contributed by atoms with E-state index in [0.29, 0.717) is 5.25 Å². The number of nitrogens with one attached hydrogen (secondary N) is 1. The maximum absolute atomic E-state index is 14.1. The maximum atomic E-state index is 14.1. The normalized spacial score (nSPS) is 18.2. The molecule has 0 heterocycles. The van der Waals surface area contributed by atoms with Gasteiger partial charge in [-0.3, -0.25) is 0 Å². The summed E-state index contributed by atoms with van der Waals surface area (Å²) < 4.78 is 14.1. The fraction of sp³-hybridized carbons (Fsp3) is 0.600. The highest BCUT2D eigenvalue weighted by Gasteiger charge is 2.21. The second-order valence-corrected chi connectivity index (χ2v) is 6.27. The molecule has 1 unspecified atom stereocenters. The van der Waals surface area contributed by atoms with Crippen LogP contribution in [0, 0.1) is 5.82 Å². The Hall–Kier alpha value is -0.540. The van der Waals surface area contributed by atoms with Crippen molar-refractivity contribution in [2.24, 2.45) is 0 Å². The highest BCUT2D eigenvalue weighted by Crippen LogP contribution is 2.39. The van der Waals surface area contributed by atoms with E-state index in [1.54, 1.807) is 17.8 Å². The summed E-state index contributed by atoms with van der Waals surface area (Å²) in [4.78, 5) is 0.859. The summed E-state index contributed by atoms with van der Waals surface area (Å²) in [6.45, 7) is 5.10. The second kappa shape index (κ2) is 6.58. The van der Waals surface area contributed by atoms with Gasteiger partial charge in [-0.05, 0) is 37.9 Å².